The number of hydrogen-bond acceptors (Lipinski definition) is 0. The lowest BCUT2D eigenvalue weighted by molar-refractivity contribution is 0.362. The molecule has 0 saturated heterocycles. The summed E-state index contributed by atoms with van der Waals surface area (Å²) in [6, 6.07) is 17.5. The van der Waals surface area contributed by atoms with Gasteiger partial charge in [0, 0.05) is 11.8 Å². The third kappa shape index (κ3) is 1.33. The minimum Gasteiger partial charge on any atom is -0.117 e. The van der Waals surface area contributed by atoms with Crippen LogP contribution < -0.4 is 0 Å². The van der Waals surface area contributed by atoms with E-state index < -0.39 is 0 Å². The number of rotatable bonds is 0. The van der Waals surface area contributed by atoms with Crippen molar-refractivity contribution in [2.75, 3.05) is 0 Å². The molecule has 2 atom stereocenters. The molecule has 0 spiro atoms. The van der Waals surface area contributed by atoms with Gasteiger partial charge in [-0.3, -0.25) is 0 Å². The summed E-state index contributed by atoms with van der Waals surface area (Å²) >= 11 is 7.15. The van der Waals surface area contributed by atoms with E-state index in [1.54, 1.807) is 0 Å². The van der Waals surface area contributed by atoms with Crippen LogP contribution in [0, 0.1) is 5.41 Å². The number of benzene rings is 2. The summed E-state index contributed by atoms with van der Waals surface area (Å²) in [5.74, 6) is 0.908. The quantitative estimate of drug-likeness (QED) is 0.554. The Kier molecular flexibility index (Phi) is 2.29. The van der Waals surface area contributed by atoms with Crippen molar-refractivity contribution < 1.29 is 0 Å². The van der Waals surface area contributed by atoms with E-state index in [9.17, 15) is 0 Å². The number of fused-ring (bicyclic) bond motifs is 6. The normalized spacial score (nSPS) is 30.2. The summed E-state index contributed by atoms with van der Waals surface area (Å²) in [4.78, 5) is -0.157. The minimum absolute atomic E-state index is 0.0917. The standard InChI is InChI=1S/C19H19Cl/c1-18(2,3)19(20)16-14-10-6-4-8-12(14)13-9-5-7-11-15(13)17(16)19/h4-11,16-17H,1-3H3. The average Bonchev–Trinajstić information content (AvgIpc) is 3.08. The van der Waals surface area contributed by atoms with Crippen molar-refractivity contribution in [3.63, 3.8) is 0 Å². The molecule has 4 rings (SSSR count). The second kappa shape index (κ2) is 3.68. The second-order valence-corrected chi connectivity index (χ2v) is 7.77. The van der Waals surface area contributed by atoms with Gasteiger partial charge in [-0.25, -0.2) is 0 Å². The van der Waals surface area contributed by atoms with Gasteiger partial charge in [-0.1, -0.05) is 69.3 Å². The van der Waals surface area contributed by atoms with Crippen LogP contribution in [0.15, 0.2) is 48.5 Å². The fourth-order valence-electron chi connectivity index (χ4n) is 4.13. The van der Waals surface area contributed by atoms with Crippen molar-refractivity contribution in [2.45, 2.75) is 37.5 Å². The predicted octanol–water partition coefficient (Wildman–Crippen LogP) is 5.57. The van der Waals surface area contributed by atoms with E-state index in [0.717, 1.165) is 0 Å². The van der Waals surface area contributed by atoms with Crippen LogP contribution in [0.3, 0.4) is 0 Å². The molecule has 1 saturated carbocycles. The molecule has 102 valence electrons. The van der Waals surface area contributed by atoms with Gasteiger partial charge in [0.25, 0.3) is 0 Å². The van der Waals surface area contributed by atoms with Crippen LogP contribution in [0.2, 0.25) is 0 Å². The van der Waals surface area contributed by atoms with Crippen molar-refractivity contribution >= 4 is 11.6 Å². The molecule has 0 bridgehead atoms. The molecule has 0 radical (unpaired) electrons. The Morgan fingerprint density at radius 3 is 1.60 bits per heavy atom. The van der Waals surface area contributed by atoms with Crippen LogP contribution in [0.4, 0.5) is 0 Å². The van der Waals surface area contributed by atoms with Crippen LogP contribution in [0.25, 0.3) is 11.1 Å². The molecule has 1 heteroatoms. The second-order valence-electron chi connectivity index (χ2n) is 7.15. The SMILES string of the molecule is CC(C)(C)C1(Cl)C2c3ccccc3-c3ccccc3C21. The van der Waals surface area contributed by atoms with E-state index in [2.05, 4.69) is 69.3 Å². The molecule has 0 nitrogen and oxygen atoms in total. The van der Waals surface area contributed by atoms with E-state index in [1.165, 1.54) is 22.3 Å². The van der Waals surface area contributed by atoms with E-state index in [-0.39, 0.29) is 10.3 Å². The number of alkyl halides is 1. The van der Waals surface area contributed by atoms with Crippen LogP contribution in [0.5, 0.6) is 0 Å². The maximum Gasteiger partial charge on any atom is 0.0644 e. The first-order chi connectivity index (χ1) is 9.46. The van der Waals surface area contributed by atoms with Crippen molar-refractivity contribution in [3.05, 3.63) is 59.7 Å². The average molecular weight is 283 g/mol. The molecule has 0 aromatic heterocycles. The Morgan fingerprint density at radius 1 is 0.800 bits per heavy atom. The third-order valence-corrected chi connectivity index (χ3v) is 6.20. The van der Waals surface area contributed by atoms with E-state index >= 15 is 0 Å². The maximum absolute atomic E-state index is 7.15. The lowest BCUT2D eigenvalue weighted by Gasteiger charge is -2.27. The van der Waals surface area contributed by atoms with Crippen LogP contribution in [-0.2, 0) is 0 Å². The first kappa shape index (κ1) is 12.5. The molecule has 2 unspecified atom stereocenters. The minimum atomic E-state index is -0.157. The molecule has 1 fully saturated rings. The van der Waals surface area contributed by atoms with Crippen molar-refractivity contribution in [1.82, 2.24) is 0 Å². The number of hydrogen-bond donors (Lipinski definition) is 0. The maximum atomic E-state index is 7.15. The Bertz CT molecular complexity index is 641. The molecular formula is C19H19Cl. The molecule has 2 aromatic rings. The first-order valence-corrected chi connectivity index (χ1v) is 7.71. The van der Waals surface area contributed by atoms with E-state index in [4.69, 9.17) is 11.6 Å². The molecule has 0 amide bonds. The summed E-state index contributed by atoms with van der Waals surface area (Å²) in [7, 11) is 0. The fourth-order valence-corrected chi connectivity index (χ4v) is 4.55. The van der Waals surface area contributed by atoms with Gasteiger partial charge in [0.15, 0.2) is 0 Å². The Hall–Kier alpha value is -1.27. The van der Waals surface area contributed by atoms with Crippen molar-refractivity contribution in [2.24, 2.45) is 5.41 Å². The number of halogens is 1. The molecular weight excluding hydrogens is 264 g/mol. The molecule has 2 aromatic carbocycles. The van der Waals surface area contributed by atoms with Gasteiger partial charge >= 0.3 is 0 Å². The van der Waals surface area contributed by atoms with Crippen molar-refractivity contribution in [1.29, 1.82) is 0 Å². The van der Waals surface area contributed by atoms with Gasteiger partial charge in [-0.2, -0.15) is 0 Å². The Morgan fingerprint density at radius 2 is 1.20 bits per heavy atom. The molecule has 0 aliphatic heterocycles. The molecule has 2 aliphatic carbocycles. The van der Waals surface area contributed by atoms with Gasteiger partial charge in [-0.05, 0) is 27.7 Å². The highest BCUT2D eigenvalue weighted by Crippen LogP contribution is 2.77. The Balaban J connectivity index is 2.01. The summed E-state index contributed by atoms with van der Waals surface area (Å²) in [5, 5.41) is 0. The fraction of sp³-hybridized carbons (Fsp3) is 0.368. The highest BCUT2D eigenvalue weighted by molar-refractivity contribution is 6.29. The highest BCUT2D eigenvalue weighted by Gasteiger charge is 2.71. The van der Waals surface area contributed by atoms with Gasteiger partial charge in [0.05, 0.1) is 4.87 Å². The third-order valence-electron chi connectivity index (χ3n) is 5.16. The van der Waals surface area contributed by atoms with Crippen LogP contribution >= 0.6 is 11.6 Å². The molecule has 0 heterocycles. The molecule has 0 N–H and O–H groups in total. The van der Waals surface area contributed by atoms with E-state index in [0.29, 0.717) is 11.8 Å². The Labute approximate surface area is 125 Å². The largest absolute Gasteiger partial charge is 0.117 e. The summed E-state index contributed by atoms with van der Waals surface area (Å²) < 4.78 is 0. The van der Waals surface area contributed by atoms with Gasteiger partial charge in [-0.15, -0.1) is 11.6 Å². The summed E-state index contributed by atoms with van der Waals surface area (Å²) in [5.41, 5.74) is 5.70. The topological polar surface area (TPSA) is 0 Å². The van der Waals surface area contributed by atoms with Gasteiger partial charge in [0.2, 0.25) is 0 Å². The highest BCUT2D eigenvalue weighted by atomic mass is 35.5. The van der Waals surface area contributed by atoms with Crippen molar-refractivity contribution in [3.8, 4) is 11.1 Å². The van der Waals surface area contributed by atoms with E-state index in [1.807, 2.05) is 0 Å². The summed E-state index contributed by atoms with van der Waals surface area (Å²) in [6.07, 6.45) is 0. The van der Waals surface area contributed by atoms with Crippen LogP contribution in [0.1, 0.15) is 43.7 Å². The first-order valence-electron chi connectivity index (χ1n) is 7.33. The zero-order valence-corrected chi connectivity index (χ0v) is 12.9. The molecule has 20 heavy (non-hydrogen) atoms. The monoisotopic (exact) mass is 282 g/mol. The zero-order valence-electron chi connectivity index (χ0n) is 12.2. The summed E-state index contributed by atoms with van der Waals surface area (Å²) in [6.45, 7) is 6.80. The predicted molar refractivity (Wildman–Crippen MR) is 85.4 cm³/mol. The van der Waals surface area contributed by atoms with Gasteiger partial charge < -0.3 is 0 Å². The zero-order chi connectivity index (χ0) is 14.1. The van der Waals surface area contributed by atoms with Crippen LogP contribution in [-0.4, -0.2) is 4.87 Å². The lowest BCUT2D eigenvalue weighted by Crippen LogP contribution is -2.25. The molecule has 2 aliphatic rings. The smallest absolute Gasteiger partial charge is 0.0644 e. The van der Waals surface area contributed by atoms with Gasteiger partial charge in [0.1, 0.15) is 0 Å². The lowest BCUT2D eigenvalue weighted by atomic mass is 9.86.